The maximum atomic E-state index is 12.1. The monoisotopic (exact) mass is 363 g/mol. The summed E-state index contributed by atoms with van der Waals surface area (Å²) < 4.78 is 0. The van der Waals surface area contributed by atoms with Crippen molar-refractivity contribution in [2.45, 2.75) is 12.5 Å². The smallest absolute Gasteiger partial charge is 0.326 e. The van der Waals surface area contributed by atoms with Gasteiger partial charge in [0, 0.05) is 29.3 Å². The average molecular weight is 364 g/mol. The molecule has 0 aromatic heterocycles. The second-order valence-electron chi connectivity index (χ2n) is 5.07. The summed E-state index contributed by atoms with van der Waals surface area (Å²) in [7, 11) is 0. The molecule has 2 aromatic carbocycles. The lowest BCUT2D eigenvalue weighted by atomic mass is 10.1. The number of carbonyl (C=O) groups is 2. The molecular weight excluding hydrogens is 349 g/mol. The number of hydrogen-bond donors (Lipinski definition) is 2. The molecule has 1 atom stereocenters. The second-order valence-corrected chi connectivity index (χ2v) is 5.91. The van der Waals surface area contributed by atoms with Gasteiger partial charge in [-0.3, -0.25) is 4.79 Å². The van der Waals surface area contributed by atoms with Gasteiger partial charge in [0.1, 0.15) is 6.04 Å². The Morgan fingerprint density at radius 2 is 1.83 bits per heavy atom. The molecule has 2 rings (SSSR count). The van der Waals surface area contributed by atoms with Gasteiger partial charge in [-0.15, -0.1) is 0 Å². The SMILES string of the molecule is O=C(/C=C\N[C@H](Cc1ccccc1)C(=O)O)c1cc(Cl)ccc1Cl. The van der Waals surface area contributed by atoms with Crippen molar-refractivity contribution in [2.24, 2.45) is 0 Å². The molecule has 0 amide bonds. The molecule has 0 aliphatic heterocycles. The number of allylic oxidation sites excluding steroid dienone is 1. The molecule has 0 aliphatic carbocycles. The molecule has 0 fully saturated rings. The standard InChI is InChI=1S/C18H15Cl2NO3/c19-13-6-7-15(20)14(11-13)17(22)8-9-21-16(18(23)24)10-12-4-2-1-3-5-12/h1-9,11,16,21H,10H2,(H,23,24)/b9-8-/t16-/m1/s1. The van der Waals surface area contributed by atoms with Gasteiger partial charge in [-0.05, 0) is 23.8 Å². The predicted molar refractivity (Wildman–Crippen MR) is 94.6 cm³/mol. The largest absolute Gasteiger partial charge is 0.480 e. The van der Waals surface area contributed by atoms with Crippen LogP contribution in [0.2, 0.25) is 10.0 Å². The number of aliphatic carboxylic acids is 1. The number of benzene rings is 2. The Balaban J connectivity index is 2.03. The highest BCUT2D eigenvalue weighted by Gasteiger charge is 2.16. The van der Waals surface area contributed by atoms with E-state index in [0.717, 1.165) is 5.56 Å². The third kappa shape index (κ3) is 5.11. The zero-order valence-corrected chi connectivity index (χ0v) is 14.1. The van der Waals surface area contributed by atoms with Gasteiger partial charge in [-0.2, -0.15) is 0 Å². The van der Waals surface area contributed by atoms with E-state index in [1.165, 1.54) is 24.4 Å². The molecule has 0 saturated heterocycles. The van der Waals surface area contributed by atoms with E-state index in [4.69, 9.17) is 23.2 Å². The lowest BCUT2D eigenvalue weighted by Gasteiger charge is -2.12. The quantitative estimate of drug-likeness (QED) is 0.576. The maximum absolute atomic E-state index is 12.1. The van der Waals surface area contributed by atoms with Gasteiger partial charge in [0.15, 0.2) is 5.78 Å². The number of carboxylic acid groups (broad SMARTS) is 1. The minimum Gasteiger partial charge on any atom is -0.480 e. The number of nitrogens with one attached hydrogen (secondary N) is 1. The summed E-state index contributed by atoms with van der Waals surface area (Å²) in [5.41, 5.74) is 1.15. The van der Waals surface area contributed by atoms with Gasteiger partial charge in [0.05, 0.1) is 5.02 Å². The van der Waals surface area contributed by atoms with Crippen molar-refractivity contribution in [3.8, 4) is 0 Å². The van der Waals surface area contributed by atoms with Gasteiger partial charge in [-0.1, -0.05) is 53.5 Å². The predicted octanol–water partition coefficient (Wildman–Crippen LogP) is 3.98. The van der Waals surface area contributed by atoms with Gasteiger partial charge in [0.2, 0.25) is 0 Å². The topological polar surface area (TPSA) is 66.4 Å². The first-order valence-electron chi connectivity index (χ1n) is 7.16. The first kappa shape index (κ1) is 18.0. The van der Waals surface area contributed by atoms with E-state index in [0.29, 0.717) is 11.4 Å². The zero-order valence-electron chi connectivity index (χ0n) is 12.6. The fourth-order valence-electron chi connectivity index (χ4n) is 2.08. The van der Waals surface area contributed by atoms with Gasteiger partial charge in [-0.25, -0.2) is 4.79 Å². The number of hydrogen-bond acceptors (Lipinski definition) is 3. The minimum atomic E-state index is -1.00. The summed E-state index contributed by atoms with van der Waals surface area (Å²) in [6, 6.07) is 13.0. The number of carbonyl (C=O) groups excluding carboxylic acids is 1. The Morgan fingerprint density at radius 1 is 1.12 bits per heavy atom. The van der Waals surface area contributed by atoms with Crippen molar-refractivity contribution in [1.82, 2.24) is 5.32 Å². The number of ketones is 1. The fraction of sp³-hybridized carbons (Fsp3) is 0.111. The van der Waals surface area contributed by atoms with Crippen LogP contribution in [-0.2, 0) is 11.2 Å². The van der Waals surface area contributed by atoms with E-state index in [1.54, 1.807) is 6.07 Å². The van der Waals surface area contributed by atoms with E-state index in [-0.39, 0.29) is 16.4 Å². The summed E-state index contributed by atoms with van der Waals surface area (Å²) >= 11 is 11.8. The van der Waals surface area contributed by atoms with Crippen LogP contribution < -0.4 is 5.32 Å². The molecule has 0 heterocycles. The van der Waals surface area contributed by atoms with Crippen molar-refractivity contribution < 1.29 is 14.7 Å². The summed E-state index contributed by atoms with van der Waals surface area (Å²) in [4.78, 5) is 23.4. The highest BCUT2D eigenvalue weighted by Crippen LogP contribution is 2.21. The van der Waals surface area contributed by atoms with Crippen LogP contribution >= 0.6 is 23.2 Å². The summed E-state index contributed by atoms with van der Waals surface area (Å²) in [6.45, 7) is 0. The molecule has 0 aliphatic rings. The molecule has 2 N–H and O–H groups in total. The third-order valence-electron chi connectivity index (χ3n) is 3.31. The second kappa shape index (κ2) is 8.52. The Labute approximate surface area is 149 Å². The van der Waals surface area contributed by atoms with Gasteiger partial charge < -0.3 is 10.4 Å². The maximum Gasteiger partial charge on any atom is 0.326 e. The van der Waals surface area contributed by atoms with Crippen LogP contribution in [0.3, 0.4) is 0 Å². The van der Waals surface area contributed by atoms with E-state index in [9.17, 15) is 14.7 Å². The molecule has 6 heteroatoms. The molecule has 4 nitrogen and oxygen atoms in total. The van der Waals surface area contributed by atoms with E-state index >= 15 is 0 Å². The molecule has 0 saturated carbocycles. The Morgan fingerprint density at radius 3 is 2.50 bits per heavy atom. The molecule has 0 radical (unpaired) electrons. The zero-order chi connectivity index (χ0) is 17.5. The number of rotatable bonds is 7. The Hall–Kier alpha value is -2.30. The molecule has 0 spiro atoms. The van der Waals surface area contributed by atoms with Crippen LogP contribution in [0.1, 0.15) is 15.9 Å². The third-order valence-corrected chi connectivity index (χ3v) is 3.87. The van der Waals surface area contributed by atoms with Crippen molar-refractivity contribution in [3.63, 3.8) is 0 Å². The van der Waals surface area contributed by atoms with Crippen molar-refractivity contribution in [1.29, 1.82) is 0 Å². The van der Waals surface area contributed by atoms with E-state index in [2.05, 4.69) is 5.32 Å². The minimum absolute atomic E-state index is 0.261. The van der Waals surface area contributed by atoms with E-state index < -0.39 is 12.0 Å². The fourth-order valence-corrected chi connectivity index (χ4v) is 2.47. The lowest BCUT2D eigenvalue weighted by molar-refractivity contribution is -0.139. The van der Waals surface area contributed by atoms with E-state index in [1.807, 2.05) is 30.3 Å². The van der Waals surface area contributed by atoms with Gasteiger partial charge in [0.25, 0.3) is 0 Å². The molecule has 24 heavy (non-hydrogen) atoms. The number of carboxylic acids is 1. The molecule has 2 aromatic rings. The van der Waals surface area contributed by atoms with Gasteiger partial charge >= 0.3 is 5.97 Å². The Kier molecular flexibility index (Phi) is 6.41. The molecule has 0 bridgehead atoms. The summed E-state index contributed by atoms with van der Waals surface area (Å²) in [5.74, 6) is -1.37. The summed E-state index contributed by atoms with van der Waals surface area (Å²) in [6.07, 6.45) is 2.85. The van der Waals surface area contributed by atoms with Crippen LogP contribution in [0.15, 0.2) is 60.8 Å². The highest BCUT2D eigenvalue weighted by molar-refractivity contribution is 6.36. The van der Waals surface area contributed by atoms with Crippen LogP contribution in [0.4, 0.5) is 0 Å². The highest BCUT2D eigenvalue weighted by atomic mass is 35.5. The first-order valence-corrected chi connectivity index (χ1v) is 7.91. The molecule has 0 unspecified atom stereocenters. The van der Waals surface area contributed by atoms with Crippen molar-refractivity contribution in [2.75, 3.05) is 0 Å². The average Bonchev–Trinajstić information content (AvgIpc) is 2.56. The van der Waals surface area contributed by atoms with Crippen molar-refractivity contribution >= 4 is 35.0 Å². The normalized spacial score (nSPS) is 12.1. The van der Waals surface area contributed by atoms with Crippen LogP contribution in [0.25, 0.3) is 0 Å². The van der Waals surface area contributed by atoms with Crippen LogP contribution in [0, 0.1) is 0 Å². The van der Waals surface area contributed by atoms with Crippen LogP contribution in [0.5, 0.6) is 0 Å². The molecular formula is C18H15Cl2NO3. The lowest BCUT2D eigenvalue weighted by Crippen LogP contribution is -2.35. The van der Waals surface area contributed by atoms with Crippen LogP contribution in [-0.4, -0.2) is 22.9 Å². The van der Waals surface area contributed by atoms with Crippen molar-refractivity contribution in [3.05, 3.63) is 82.0 Å². The number of halogens is 2. The first-order chi connectivity index (χ1) is 11.5. The Bertz CT molecular complexity index is 760. The summed E-state index contributed by atoms with van der Waals surface area (Å²) in [5, 5.41) is 12.7. The molecule has 124 valence electrons.